The number of likely N-dealkylation sites (tertiary alicyclic amines) is 1. The third-order valence-electron chi connectivity index (χ3n) is 3.20. The second-order valence-corrected chi connectivity index (χ2v) is 4.87. The fourth-order valence-electron chi connectivity index (χ4n) is 2.22. The Labute approximate surface area is 108 Å². The zero-order chi connectivity index (χ0) is 13.7. The molecular weight excluding hydrogens is 234 g/mol. The summed E-state index contributed by atoms with van der Waals surface area (Å²) in [6.45, 7) is 4.59. The fraction of sp³-hybridized carbons (Fsp3) is 0.833. The number of esters is 1. The van der Waals surface area contributed by atoms with Gasteiger partial charge >= 0.3 is 5.97 Å². The number of hydrogen-bond acceptors (Lipinski definition) is 5. The van der Waals surface area contributed by atoms with E-state index in [0.29, 0.717) is 12.5 Å². The number of likely N-dealkylation sites (N-methyl/N-ethyl adjacent to an activating group) is 1. The molecule has 0 radical (unpaired) electrons. The van der Waals surface area contributed by atoms with Gasteiger partial charge in [-0.15, -0.1) is 0 Å². The molecule has 1 saturated heterocycles. The number of nitrogens with zero attached hydrogens (tertiary/aromatic N) is 2. The zero-order valence-electron chi connectivity index (χ0n) is 11.4. The topological polar surface area (TPSA) is 75.9 Å². The molecule has 0 aliphatic carbocycles. The number of ether oxygens (including phenoxy) is 1. The Morgan fingerprint density at radius 2 is 2.22 bits per heavy atom. The van der Waals surface area contributed by atoms with Crippen LogP contribution < -0.4 is 5.73 Å². The first-order valence-electron chi connectivity index (χ1n) is 6.31. The molecule has 0 bridgehead atoms. The number of hydrogen-bond donors (Lipinski definition) is 1. The normalized spacial score (nSPS) is 21.7. The van der Waals surface area contributed by atoms with E-state index in [0.717, 1.165) is 19.5 Å². The van der Waals surface area contributed by atoms with Gasteiger partial charge in [-0.1, -0.05) is 0 Å². The number of carbonyl (C=O) groups excluding carboxylic acids is 2. The molecule has 1 heterocycles. The maximum absolute atomic E-state index is 11.9. The van der Waals surface area contributed by atoms with Crippen molar-refractivity contribution in [2.24, 2.45) is 11.7 Å². The second kappa shape index (κ2) is 6.70. The number of amides is 1. The predicted molar refractivity (Wildman–Crippen MR) is 67.8 cm³/mol. The van der Waals surface area contributed by atoms with E-state index in [-0.39, 0.29) is 12.5 Å². The van der Waals surface area contributed by atoms with Crippen molar-refractivity contribution in [3.63, 3.8) is 0 Å². The van der Waals surface area contributed by atoms with Crippen LogP contribution in [0, 0.1) is 5.92 Å². The summed E-state index contributed by atoms with van der Waals surface area (Å²) in [6.07, 6.45) is 1.07. The molecule has 1 rings (SSSR count). The van der Waals surface area contributed by atoms with Gasteiger partial charge in [0, 0.05) is 20.1 Å². The smallest absolute Gasteiger partial charge is 0.332 e. The predicted octanol–water partition coefficient (Wildman–Crippen LogP) is -0.713. The fourth-order valence-corrected chi connectivity index (χ4v) is 2.22. The Hall–Kier alpha value is -1.14. The molecular formula is C12H23N3O3. The van der Waals surface area contributed by atoms with E-state index in [2.05, 4.69) is 11.9 Å². The molecule has 2 N–H and O–H groups in total. The van der Waals surface area contributed by atoms with Crippen LogP contribution in [0.15, 0.2) is 0 Å². The van der Waals surface area contributed by atoms with E-state index >= 15 is 0 Å². The summed E-state index contributed by atoms with van der Waals surface area (Å²) in [7, 11) is 3.74. The SMILES string of the molecule is CCOC(=O)C(N)C(=O)N(C)CC1CCN(C)C1. The molecule has 18 heavy (non-hydrogen) atoms. The highest BCUT2D eigenvalue weighted by molar-refractivity contribution is 6.01. The number of nitrogens with two attached hydrogens (primary N) is 1. The third kappa shape index (κ3) is 3.96. The van der Waals surface area contributed by atoms with Gasteiger partial charge in [0.2, 0.25) is 0 Å². The molecule has 2 atom stereocenters. The van der Waals surface area contributed by atoms with Crippen LogP contribution >= 0.6 is 0 Å². The van der Waals surface area contributed by atoms with E-state index in [1.807, 2.05) is 0 Å². The Balaban J connectivity index is 2.43. The molecule has 0 spiro atoms. The van der Waals surface area contributed by atoms with Gasteiger partial charge in [0.05, 0.1) is 6.61 Å². The van der Waals surface area contributed by atoms with Crippen LogP contribution in [0.2, 0.25) is 0 Å². The Bertz CT molecular complexity index is 309. The number of rotatable bonds is 5. The Morgan fingerprint density at radius 3 is 2.72 bits per heavy atom. The van der Waals surface area contributed by atoms with Crippen molar-refractivity contribution < 1.29 is 14.3 Å². The molecule has 0 aromatic carbocycles. The summed E-state index contributed by atoms with van der Waals surface area (Å²) in [6, 6.07) is -1.20. The van der Waals surface area contributed by atoms with Crippen molar-refractivity contribution in [1.82, 2.24) is 9.80 Å². The largest absolute Gasteiger partial charge is 0.464 e. The van der Waals surface area contributed by atoms with E-state index in [1.165, 1.54) is 4.90 Å². The van der Waals surface area contributed by atoms with Crippen molar-refractivity contribution >= 4 is 11.9 Å². The Kier molecular flexibility index (Phi) is 5.55. The highest BCUT2D eigenvalue weighted by Crippen LogP contribution is 2.15. The molecule has 1 amide bonds. The molecule has 1 fully saturated rings. The van der Waals surface area contributed by atoms with Crippen molar-refractivity contribution in [2.45, 2.75) is 19.4 Å². The summed E-state index contributed by atoms with van der Waals surface area (Å²) in [4.78, 5) is 27.1. The first-order chi connectivity index (χ1) is 8.45. The average molecular weight is 257 g/mol. The minimum absolute atomic E-state index is 0.233. The molecule has 1 aliphatic rings. The minimum Gasteiger partial charge on any atom is -0.464 e. The summed E-state index contributed by atoms with van der Waals surface area (Å²) in [5.41, 5.74) is 5.57. The summed E-state index contributed by atoms with van der Waals surface area (Å²) < 4.78 is 4.74. The van der Waals surface area contributed by atoms with Crippen molar-refractivity contribution in [3.05, 3.63) is 0 Å². The molecule has 1 aliphatic heterocycles. The molecule has 0 aromatic heterocycles. The lowest BCUT2D eigenvalue weighted by molar-refractivity contribution is -0.150. The van der Waals surface area contributed by atoms with Gasteiger partial charge in [0.25, 0.3) is 5.91 Å². The van der Waals surface area contributed by atoms with Crippen LogP contribution in [0.25, 0.3) is 0 Å². The molecule has 6 nitrogen and oxygen atoms in total. The van der Waals surface area contributed by atoms with Gasteiger partial charge in [-0.2, -0.15) is 0 Å². The highest BCUT2D eigenvalue weighted by Gasteiger charge is 2.29. The average Bonchev–Trinajstić information content (AvgIpc) is 2.73. The summed E-state index contributed by atoms with van der Waals surface area (Å²) in [5, 5.41) is 0. The van der Waals surface area contributed by atoms with Gasteiger partial charge in [0.15, 0.2) is 6.04 Å². The summed E-state index contributed by atoms with van der Waals surface area (Å²) >= 11 is 0. The van der Waals surface area contributed by atoms with E-state index < -0.39 is 12.0 Å². The first-order valence-corrected chi connectivity index (χ1v) is 6.31. The molecule has 104 valence electrons. The third-order valence-corrected chi connectivity index (χ3v) is 3.20. The van der Waals surface area contributed by atoms with Crippen LogP contribution in [0.1, 0.15) is 13.3 Å². The highest BCUT2D eigenvalue weighted by atomic mass is 16.5. The van der Waals surface area contributed by atoms with Crippen LogP contribution in [0.5, 0.6) is 0 Å². The van der Waals surface area contributed by atoms with Gasteiger partial charge in [-0.3, -0.25) is 4.79 Å². The van der Waals surface area contributed by atoms with Crippen molar-refractivity contribution in [2.75, 3.05) is 40.3 Å². The van der Waals surface area contributed by atoms with Crippen LogP contribution in [0.4, 0.5) is 0 Å². The monoisotopic (exact) mass is 257 g/mol. The molecule has 0 saturated carbocycles. The maximum Gasteiger partial charge on any atom is 0.332 e. The van der Waals surface area contributed by atoms with Crippen molar-refractivity contribution in [1.29, 1.82) is 0 Å². The lowest BCUT2D eigenvalue weighted by atomic mass is 10.1. The molecule has 0 aromatic rings. The second-order valence-electron chi connectivity index (χ2n) is 4.87. The lowest BCUT2D eigenvalue weighted by Gasteiger charge is -2.23. The van der Waals surface area contributed by atoms with Crippen LogP contribution in [0.3, 0.4) is 0 Å². The summed E-state index contributed by atoms with van der Waals surface area (Å²) in [5.74, 6) is -0.570. The lowest BCUT2D eigenvalue weighted by Crippen LogP contribution is -2.48. The van der Waals surface area contributed by atoms with Gasteiger partial charge in [0.1, 0.15) is 0 Å². The maximum atomic E-state index is 11.9. The van der Waals surface area contributed by atoms with Gasteiger partial charge < -0.3 is 20.3 Å². The molecule has 2 unspecified atom stereocenters. The van der Waals surface area contributed by atoms with Crippen LogP contribution in [-0.4, -0.2) is 68.1 Å². The van der Waals surface area contributed by atoms with Gasteiger partial charge in [-0.05, 0) is 32.9 Å². The Morgan fingerprint density at radius 1 is 1.56 bits per heavy atom. The molecule has 6 heteroatoms. The van der Waals surface area contributed by atoms with E-state index in [9.17, 15) is 9.59 Å². The first kappa shape index (κ1) is 14.9. The van der Waals surface area contributed by atoms with E-state index in [4.69, 9.17) is 10.5 Å². The van der Waals surface area contributed by atoms with Crippen molar-refractivity contribution in [3.8, 4) is 0 Å². The quantitative estimate of drug-likeness (QED) is 0.520. The zero-order valence-corrected chi connectivity index (χ0v) is 11.4. The van der Waals surface area contributed by atoms with Crippen LogP contribution in [-0.2, 0) is 14.3 Å². The minimum atomic E-state index is -1.20. The standard InChI is InChI=1S/C12H23N3O3/c1-4-18-12(17)10(13)11(16)15(3)8-9-5-6-14(2)7-9/h9-10H,4-8,13H2,1-3H3. The van der Waals surface area contributed by atoms with E-state index in [1.54, 1.807) is 14.0 Å². The van der Waals surface area contributed by atoms with Gasteiger partial charge in [-0.25, -0.2) is 4.79 Å². The number of carbonyl (C=O) groups is 2.